The predicted octanol–water partition coefficient (Wildman–Crippen LogP) is 3.47. The molecule has 3 aliphatic rings. The third-order valence-electron chi connectivity index (χ3n) is 7.26. The molecule has 34 heavy (non-hydrogen) atoms. The molecule has 8 nitrogen and oxygen atoms in total. The largest absolute Gasteiger partial charge is 0.481 e. The van der Waals surface area contributed by atoms with Gasteiger partial charge in [-0.1, -0.05) is 48.5 Å². The Balaban J connectivity index is 1.13. The second kappa shape index (κ2) is 9.37. The van der Waals surface area contributed by atoms with Gasteiger partial charge in [-0.3, -0.25) is 4.79 Å². The Morgan fingerprint density at radius 2 is 1.26 bits per heavy atom. The van der Waals surface area contributed by atoms with Crippen molar-refractivity contribution in [1.82, 2.24) is 14.7 Å². The van der Waals surface area contributed by atoms with E-state index in [1.807, 2.05) is 24.3 Å². The van der Waals surface area contributed by atoms with E-state index in [1.54, 1.807) is 14.7 Å². The number of urea groups is 1. The number of likely N-dealkylation sites (tertiary alicyclic amines) is 1. The highest BCUT2D eigenvalue weighted by Gasteiger charge is 2.33. The van der Waals surface area contributed by atoms with E-state index in [2.05, 4.69) is 24.3 Å². The molecule has 178 valence electrons. The predicted molar refractivity (Wildman–Crippen MR) is 126 cm³/mol. The average Bonchev–Trinajstić information content (AvgIpc) is 3.20. The van der Waals surface area contributed by atoms with Crippen molar-refractivity contribution in [2.45, 2.75) is 18.8 Å². The van der Waals surface area contributed by atoms with Crippen molar-refractivity contribution in [3.05, 3.63) is 59.7 Å². The number of carboxylic acids is 1. The summed E-state index contributed by atoms with van der Waals surface area (Å²) in [5.41, 5.74) is 4.74. The summed E-state index contributed by atoms with van der Waals surface area (Å²) in [5, 5.41) is 9.14. The summed E-state index contributed by atoms with van der Waals surface area (Å²) in [7, 11) is 0. The molecule has 0 atom stereocenters. The van der Waals surface area contributed by atoms with E-state index in [-0.39, 0.29) is 30.6 Å². The van der Waals surface area contributed by atoms with Gasteiger partial charge >= 0.3 is 18.1 Å². The van der Waals surface area contributed by atoms with Crippen LogP contribution < -0.4 is 0 Å². The van der Waals surface area contributed by atoms with Crippen LogP contribution in [0.3, 0.4) is 0 Å². The van der Waals surface area contributed by atoms with Gasteiger partial charge in [-0.15, -0.1) is 0 Å². The molecule has 1 N–H and O–H groups in total. The number of piperidine rings is 1. The zero-order valence-corrected chi connectivity index (χ0v) is 19.1. The topological polar surface area (TPSA) is 90.4 Å². The summed E-state index contributed by atoms with van der Waals surface area (Å²) in [6.45, 7) is 2.95. The van der Waals surface area contributed by atoms with Crippen molar-refractivity contribution in [3.63, 3.8) is 0 Å². The van der Waals surface area contributed by atoms with E-state index in [0.29, 0.717) is 52.1 Å². The highest BCUT2D eigenvalue weighted by Crippen LogP contribution is 2.44. The second-order valence-corrected chi connectivity index (χ2v) is 9.16. The molecule has 2 aliphatic heterocycles. The number of carbonyl (C=O) groups is 3. The van der Waals surface area contributed by atoms with Gasteiger partial charge in [0.25, 0.3) is 0 Å². The van der Waals surface area contributed by atoms with Crippen LogP contribution in [0.1, 0.15) is 29.9 Å². The van der Waals surface area contributed by atoms with Gasteiger partial charge in [0.15, 0.2) is 0 Å². The van der Waals surface area contributed by atoms with Gasteiger partial charge < -0.3 is 24.5 Å². The van der Waals surface area contributed by atoms with Crippen LogP contribution in [-0.4, -0.2) is 83.8 Å². The van der Waals surface area contributed by atoms with E-state index in [0.717, 1.165) is 0 Å². The van der Waals surface area contributed by atoms with E-state index >= 15 is 0 Å². The van der Waals surface area contributed by atoms with Gasteiger partial charge in [-0.25, -0.2) is 9.59 Å². The Morgan fingerprint density at radius 1 is 0.765 bits per heavy atom. The number of ether oxygens (including phenoxy) is 1. The van der Waals surface area contributed by atoms with Crippen molar-refractivity contribution in [1.29, 1.82) is 0 Å². The van der Waals surface area contributed by atoms with Crippen LogP contribution in [0.15, 0.2) is 48.5 Å². The second-order valence-electron chi connectivity index (χ2n) is 9.16. The first-order valence-corrected chi connectivity index (χ1v) is 11.9. The van der Waals surface area contributed by atoms with Gasteiger partial charge in [-0.05, 0) is 35.1 Å². The zero-order valence-electron chi connectivity index (χ0n) is 19.1. The molecule has 2 saturated heterocycles. The summed E-state index contributed by atoms with van der Waals surface area (Å²) >= 11 is 0. The molecule has 2 heterocycles. The fraction of sp³-hybridized carbons (Fsp3) is 0.423. The Morgan fingerprint density at radius 3 is 1.82 bits per heavy atom. The number of amides is 3. The first-order valence-electron chi connectivity index (χ1n) is 11.9. The Hall–Kier alpha value is -3.55. The molecule has 0 saturated carbocycles. The number of carbonyl (C=O) groups excluding carboxylic acids is 2. The number of carboxylic acid groups (broad SMARTS) is 1. The maximum Gasteiger partial charge on any atom is 0.409 e. The molecular weight excluding hydrogens is 434 g/mol. The minimum atomic E-state index is -0.788. The summed E-state index contributed by atoms with van der Waals surface area (Å²) in [5.74, 6) is -1.13. The van der Waals surface area contributed by atoms with Crippen LogP contribution in [0.4, 0.5) is 9.59 Å². The number of hydrogen-bond acceptors (Lipinski definition) is 4. The van der Waals surface area contributed by atoms with Crippen LogP contribution in [0, 0.1) is 5.92 Å². The molecule has 2 aromatic rings. The van der Waals surface area contributed by atoms with Crippen molar-refractivity contribution < 1.29 is 24.2 Å². The third kappa shape index (κ3) is 4.20. The Labute approximate surface area is 198 Å². The first kappa shape index (κ1) is 22.3. The zero-order chi connectivity index (χ0) is 23.7. The lowest BCUT2D eigenvalue weighted by Crippen LogP contribution is -2.55. The number of benzene rings is 2. The summed E-state index contributed by atoms with van der Waals surface area (Å²) in [6, 6.07) is 16.4. The molecule has 5 rings (SSSR count). The van der Waals surface area contributed by atoms with Crippen LogP contribution >= 0.6 is 0 Å². The maximum absolute atomic E-state index is 12.8. The number of rotatable bonds is 3. The number of nitrogens with zero attached hydrogens (tertiary/aromatic N) is 3. The van der Waals surface area contributed by atoms with Crippen molar-refractivity contribution in [2.75, 3.05) is 45.9 Å². The molecule has 0 bridgehead atoms. The van der Waals surface area contributed by atoms with Gasteiger partial charge in [0.05, 0.1) is 5.92 Å². The minimum Gasteiger partial charge on any atom is -0.481 e. The highest BCUT2D eigenvalue weighted by molar-refractivity contribution is 5.79. The fourth-order valence-corrected chi connectivity index (χ4v) is 5.28. The maximum atomic E-state index is 12.8. The van der Waals surface area contributed by atoms with E-state index in [9.17, 15) is 14.4 Å². The molecule has 0 aromatic heterocycles. The highest BCUT2D eigenvalue weighted by atomic mass is 16.6. The minimum absolute atomic E-state index is 0.0212. The smallest absolute Gasteiger partial charge is 0.409 e. The lowest BCUT2D eigenvalue weighted by molar-refractivity contribution is -0.143. The Kier molecular flexibility index (Phi) is 6.13. The van der Waals surface area contributed by atoms with Crippen LogP contribution in [0.2, 0.25) is 0 Å². The van der Waals surface area contributed by atoms with E-state index in [4.69, 9.17) is 9.84 Å². The van der Waals surface area contributed by atoms with Crippen LogP contribution in [0.5, 0.6) is 0 Å². The van der Waals surface area contributed by atoms with Crippen molar-refractivity contribution >= 4 is 18.1 Å². The number of piperazine rings is 1. The molecule has 0 radical (unpaired) electrons. The van der Waals surface area contributed by atoms with Gasteiger partial charge in [0.2, 0.25) is 0 Å². The fourth-order valence-electron chi connectivity index (χ4n) is 5.28. The van der Waals surface area contributed by atoms with Crippen molar-refractivity contribution in [3.8, 4) is 11.1 Å². The number of aliphatic carboxylic acids is 1. The summed E-state index contributed by atoms with van der Waals surface area (Å²) in [6.07, 6.45) is 0.623. The number of hydrogen-bond donors (Lipinski definition) is 1. The normalized spacial score (nSPS) is 18.4. The van der Waals surface area contributed by atoms with Gasteiger partial charge in [0, 0.05) is 45.2 Å². The average molecular weight is 464 g/mol. The van der Waals surface area contributed by atoms with Crippen LogP contribution in [0.25, 0.3) is 11.1 Å². The molecule has 8 heteroatoms. The molecule has 1 aliphatic carbocycles. The molecular formula is C26H29N3O5. The molecule has 0 spiro atoms. The molecule has 3 amide bonds. The Bertz CT molecular complexity index is 1040. The number of fused-ring (bicyclic) bond motifs is 3. The molecule has 2 aromatic carbocycles. The monoisotopic (exact) mass is 463 g/mol. The first-order chi connectivity index (χ1) is 16.5. The lowest BCUT2D eigenvalue weighted by Gasteiger charge is -2.39. The third-order valence-corrected chi connectivity index (χ3v) is 7.26. The SMILES string of the molecule is O=C(O)C1CCN(C(=O)N2CCN(C(=O)OCC3c4ccccc4-c4ccccc43)CC2)CC1. The van der Waals surface area contributed by atoms with Gasteiger partial charge in [0.1, 0.15) is 6.61 Å². The quantitative estimate of drug-likeness (QED) is 0.753. The van der Waals surface area contributed by atoms with E-state index in [1.165, 1.54) is 22.3 Å². The van der Waals surface area contributed by atoms with Gasteiger partial charge in [-0.2, -0.15) is 0 Å². The molecule has 2 fully saturated rings. The van der Waals surface area contributed by atoms with E-state index < -0.39 is 5.97 Å². The molecule has 0 unspecified atom stereocenters. The van der Waals surface area contributed by atoms with Crippen molar-refractivity contribution in [2.24, 2.45) is 5.92 Å². The summed E-state index contributed by atoms with van der Waals surface area (Å²) in [4.78, 5) is 41.9. The van der Waals surface area contributed by atoms with Crippen LogP contribution in [-0.2, 0) is 9.53 Å². The standard InChI is InChI=1S/C26H29N3O5/c30-24(31)18-9-11-27(12-10-18)25(32)28-13-15-29(16-14-28)26(33)34-17-23-21-7-3-1-5-19(21)20-6-2-4-8-22(20)23/h1-8,18,23H,9-17H2,(H,30,31). The lowest BCUT2D eigenvalue weighted by atomic mass is 9.97. The summed E-state index contributed by atoms with van der Waals surface area (Å²) < 4.78 is 5.74.